The van der Waals surface area contributed by atoms with Gasteiger partial charge >= 0.3 is 0 Å². The molecule has 1 aliphatic carbocycles. The summed E-state index contributed by atoms with van der Waals surface area (Å²) in [6.45, 7) is 1.93. The molecule has 3 N–H and O–H groups in total. The number of imide groups is 1. The number of aliphatic hydroxyl groups is 2. The van der Waals surface area contributed by atoms with Gasteiger partial charge in [0.2, 0.25) is 11.8 Å². The highest BCUT2D eigenvalue weighted by Gasteiger charge is 2.53. The van der Waals surface area contributed by atoms with Crippen molar-refractivity contribution in [3.05, 3.63) is 76.9 Å². The lowest BCUT2D eigenvalue weighted by Crippen LogP contribution is -2.39. The van der Waals surface area contributed by atoms with Gasteiger partial charge in [-0.15, -0.1) is 0 Å². The van der Waals surface area contributed by atoms with E-state index in [0.29, 0.717) is 30.6 Å². The Kier molecular flexibility index (Phi) is 9.02. The number of fused-ring (bicyclic) bond motifs is 1. The summed E-state index contributed by atoms with van der Waals surface area (Å²) in [4.78, 5) is 27.0. The average molecular weight is 520 g/mol. The Labute approximate surface area is 224 Å². The van der Waals surface area contributed by atoms with Crippen molar-refractivity contribution in [2.75, 3.05) is 20.3 Å². The van der Waals surface area contributed by atoms with Crippen molar-refractivity contribution in [3.63, 3.8) is 0 Å². The second-order valence-corrected chi connectivity index (χ2v) is 10.2. The minimum Gasteiger partial charge on any atom is -0.508 e. The Morgan fingerprint density at radius 2 is 1.87 bits per heavy atom. The van der Waals surface area contributed by atoms with Gasteiger partial charge in [-0.3, -0.25) is 14.5 Å². The van der Waals surface area contributed by atoms with E-state index in [1.54, 1.807) is 18.2 Å². The van der Waals surface area contributed by atoms with Crippen molar-refractivity contribution in [1.29, 1.82) is 0 Å². The van der Waals surface area contributed by atoms with Crippen LogP contribution in [0.4, 0.5) is 0 Å². The van der Waals surface area contributed by atoms with Crippen LogP contribution in [-0.2, 0) is 9.59 Å². The summed E-state index contributed by atoms with van der Waals surface area (Å²) in [7, 11) is 1.48. The quantitative estimate of drug-likeness (QED) is 0.301. The van der Waals surface area contributed by atoms with Gasteiger partial charge < -0.3 is 20.1 Å². The molecule has 4 atom stereocenters. The molecular formula is C31H37NO6. The molecule has 1 aliphatic heterocycles. The smallest absolute Gasteiger partial charge is 0.233 e. The minimum atomic E-state index is -0.902. The van der Waals surface area contributed by atoms with Gasteiger partial charge in [-0.2, -0.15) is 0 Å². The molecule has 2 aromatic rings. The molecule has 2 aromatic carbocycles. The molecule has 0 spiro atoms. The van der Waals surface area contributed by atoms with Crippen molar-refractivity contribution in [2.45, 2.75) is 45.1 Å². The van der Waals surface area contributed by atoms with Crippen molar-refractivity contribution < 1.29 is 29.6 Å². The number of allylic oxidation sites excluding steroid dienone is 1. The Morgan fingerprint density at radius 1 is 1.11 bits per heavy atom. The molecule has 1 saturated heterocycles. The summed E-state index contributed by atoms with van der Waals surface area (Å²) in [5.74, 6) is -1.57. The third-order valence-corrected chi connectivity index (χ3v) is 7.67. The van der Waals surface area contributed by atoms with Crippen LogP contribution in [0.3, 0.4) is 0 Å². The van der Waals surface area contributed by atoms with Gasteiger partial charge in [-0.1, -0.05) is 55.3 Å². The van der Waals surface area contributed by atoms with Gasteiger partial charge in [-0.25, -0.2) is 0 Å². The number of phenols is 1. The third kappa shape index (κ3) is 6.00. The largest absolute Gasteiger partial charge is 0.508 e. The standard InChI is InChI=1S/C31H37NO6/c1-3-8-20(15-21-9-7-10-23(34)16-21)13-14-27(35)28-22(19-38-24-11-5-4-6-12-24)17-25-29(26(28)18-33)31(37)32(2)30(25)36/h4-7,9-12,15-16,25-27,29,33-35H,3,8,13-14,17-19H2,1-2H3/b20-15+/t25-,26+,27-,29-/m1/s1. The monoisotopic (exact) mass is 519 g/mol. The molecule has 38 heavy (non-hydrogen) atoms. The van der Waals surface area contributed by atoms with Crippen LogP contribution < -0.4 is 4.74 Å². The fourth-order valence-corrected chi connectivity index (χ4v) is 5.85. The van der Waals surface area contributed by atoms with Crippen LogP contribution in [-0.4, -0.2) is 58.4 Å². The van der Waals surface area contributed by atoms with Crippen molar-refractivity contribution in [1.82, 2.24) is 4.90 Å². The van der Waals surface area contributed by atoms with E-state index >= 15 is 0 Å². The Morgan fingerprint density at radius 3 is 2.55 bits per heavy atom. The van der Waals surface area contributed by atoms with Gasteiger partial charge in [0.25, 0.3) is 0 Å². The Hall–Kier alpha value is -3.42. The maximum atomic E-state index is 13.0. The SMILES string of the molecule is CCC/C(=C\c1cccc(O)c1)CC[C@@H](O)C1=C(COc2ccccc2)C[C@H]2C(=O)N(C)C(=O)[C@H]2[C@H]1CO. The summed E-state index contributed by atoms with van der Waals surface area (Å²) >= 11 is 0. The lowest BCUT2D eigenvalue weighted by Gasteiger charge is -2.36. The van der Waals surface area contributed by atoms with E-state index in [-0.39, 0.29) is 30.8 Å². The van der Waals surface area contributed by atoms with E-state index in [4.69, 9.17) is 4.74 Å². The molecule has 202 valence electrons. The number of rotatable bonds is 11. The number of benzene rings is 2. The molecule has 0 bridgehead atoms. The zero-order valence-electron chi connectivity index (χ0n) is 22.0. The number of nitrogens with zero attached hydrogens (tertiary/aromatic N) is 1. The van der Waals surface area contributed by atoms with Crippen LogP contribution in [0.15, 0.2) is 71.3 Å². The number of aliphatic hydroxyl groups excluding tert-OH is 2. The Bertz CT molecular complexity index is 1200. The zero-order valence-corrected chi connectivity index (χ0v) is 22.0. The molecule has 1 fully saturated rings. The highest BCUT2D eigenvalue weighted by atomic mass is 16.5. The molecular weight excluding hydrogens is 482 g/mol. The fraction of sp³-hybridized carbons (Fsp3) is 0.419. The molecule has 1 heterocycles. The number of likely N-dealkylation sites (tertiary alicyclic amines) is 1. The van der Waals surface area contributed by atoms with Gasteiger partial charge in [0.1, 0.15) is 18.1 Å². The predicted molar refractivity (Wildman–Crippen MR) is 145 cm³/mol. The van der Waals surface area contributed by atoms with E-state index in [0.717, 1.165) is 34.5 Å². The first-order valence-electron chi connectivity index (χ1n) is 13.3. The molecule has 2 amide bonds. The number of para-hydroxylation sites is 1. The Balaban J connectivity index is 1.61. The van der Waals surface area contributed by atoms with Crippen LogP contribution in [0.1, 0.15) is 44.6 Å². The summed E-state index contributed by atoms with van der Waals surface area (Å²) in [6, 6.07) is 16.4. The molecule has 0 aromatic heterocycles. The van der Waals surface area contributed by atoms with Gasteiger partial charge in [-0.05, 0) is 66.7 Å². The number of hydrogen-bond donors (Lipinski definition) is 3. The first-order chi connectivity index (χ1) is 18.3. The maximum Gasteiger partial charge on any atom is 0.233 e. The van der Waals surface area contributed by atoms with E-state index in [2.05, 4.69) is 6.92 Å². The fourth-order valence-electron chi connectivity index (χ4n) is 5.85. The topological polar surface area (TPSA) is 107 Å². The van der Waals surface area contributed by atoms with Gasteiger partial charge in [0.15, 0.2) is 0 Å². The molecule has 4 rings (SSSR count). The van der Waals surface area contributed by atoms with Crippen LogP contribution in [0.5, 0.6) is 11.5 Å². The minimum absolute atomic E-state index is 0.169. The summed E-state index contributed by atoms with van der Waals surface area (Å²) in [5.41, 5.74) is 3.42. The van der Waals surface area contributed by atoms with Crippen LogP contribution in [0.2, 0.25) is 0 Å². The summed E-state index contributed by atoms with van der Waals surface area (Å²) < 4.78 is 6.01. The van der Waals surface area contributed by atoms with Crippen molar-refractivity contribution in [2.24, 2.45) is 17.8 Å². The maximum absolute atomic E-state index is 13.0. The van der Waals surface area contributed by atoms with Crippen molar-refractivity contribution >= 4 is 17.9 Å². The summed E-state index contributed by atoms with van der Waals surface area (Å²) in [5, 5.41) is 31.8. The first-order valence-corrected chi connectivity index (χ1v) is 13.3. The van der Waals surface area contributed by atoms with Crippen LogP contribution in [0.25, 0.3) is 6.08 Å². The summed E-state index contributed by atoms with van der Waals surface area (Å²) in [6.07, 6.45) is 4.25. The number of aromatic hydroxyl groups is 1. The van der Waals surface area contributed by atoms with E-state index in [9.17, 15) is 24.9 Å². The number of ether oxygens (including phenoxy) is 1. The molecule has 0 radical (unpaired) electrons. The average Bonchev–Trinajstić information content (AvgIpc) is 3.13. The molecule has 7 nitrogen and oxygen atoms in total. The first kappa shape index (κ1) is 27.6. The van der Waals surface area contributed by atoms with Crippen LogP contribution in [0, 0.1) is 17.8 Å². The molecule has 7 heteroatoms. The molecule has 2 aliphatic rings. The van der Waals surface area contributed by atoms with Gasteiger partial charge in [0.05, 0.1) is 24.5 Å². The number of carbonyl (C=O) groups is 2. The molecule has 0 saturated carbocycles. The van der Waals surface area contributed by atoms with E-state index in [1.807, 2.05) is 42.5 Å². The lowest BCUT2D eigenvalue weighted by atomic mass is 9.68. The van der Waals surface area contributed by atoms with E-state index < -0.39 is 23.9 Å². The van der Waals surface area contributed by atoms with Gasteiger partial charge in [0, 0.05) is 13.0 Å². The second-order valence-electron chi connectivity index (χ2n) is 10.2. The number of hydrogen-bond acceptors (Lipinski definition) is 6. The number of carbonyl (C=O) groups excluding carboxylic acids is 2. The normalized spacial score (nSPS) is 22.6. The molecule has 0 unspecified atom stereocenters. The number of phenolic OH excluding ortho intramolecular Hbond substituents is 1. The highest BCUT2D eigenvalue weighted by molar-refractivity contribution is 6.05. The van der Waals surface area contributed by atoms with E-state index in [1.165, 1.54) is 7.05 Å². The third-order valence-electron chi connectivity index (χ3n) is 7.67. The highest BCUT2D eigenvalue weighted by Crippen LogP contribution is 2.46. The van der Waals surface area contributed by atoms with Crippen molar-refractivity contribution in [3.8, 4) is 11.5 Å². The lowest BCUT2D eigenvalue weighted by molar-refractivity contribution is -0.138. The number of amides is 2. The zero-order chi connectivity index (χ0) is 27.2. The second kappa shape index (κ2) is 12.4. The predicted octanol–water partition coefficient (Wildman–Crippen LogP) is 4.34. The van der Waals surface area contributed by atoms with Crippen LogP contribution >= 0.6 is 0 Å².